The van der Waals surface area contributed by atoms with Crippen molar-refractivity contribution in [2.24, 2.45) is 5.92 Å². The van der Waals surface area contributed by atoms with Gasteiger partial charge in [0.15, 0.2) is 0 Å². The van der Waals surface area contributed by atoms with Crippen LogP contribution in [0.1, 0.15) is 13.3 Å². The first-order valence-electron chi connectivity index (χ1n) is 6.58. The molecule has 0 heterocycles. The second kappa shape index (κ2) is 8.57. The molecule has 0 saturated heterocycles. The van der Waals surface area contributed by atoms with Gasteiger partial charge in [0.1, 0.15) is 0 Å². The van der Waals surface area contributed by atoms with Crippen molar-refractivity contribution in [1.82, 2.24) is 10.6 Å². The summed E-state index contributed by atoms with van der Waals surface area (Å²) < 4.78 is 0. The highest BCUT2D eigenvalue weighted by Gasteiger charge is 2.11. The number of nitrogens with one attached hydrogen (secondary N) is 3. The molecule has 0 fully saturated rings. The molecule has 7 heteroatoms. The lowest BCUT2D eigenvalue weighted by atomic mass is 10.1. The molecule has 0 aromatic heterocycles. The number of anilines is 1. The zero-order valence-electron chi connectivity index (χ0n) is 11.8. The van der Waals surface area contributed by atoms with Crippen LogP contribution in [0, 0.1) is 5.92 Å². The van der Waals surface area contributed by atoms with E-state index in [4.69, 9.17) is 5.11 Å². The number of amides is 3. The van der Waals surface area contributed by atoms with Gasteiger partial charge in [0.05, 0.1) is 12.5 Å². The second-order valence-electron chi connectivity index (χ2n) is 4.55. The molecule has 1 aromatic rings. The van der Waals surface area contributed by atoms with E-state index in [0.29, 0.717) is 12.1 Å². The lowest BCUT2D eigenvalue weighted by molar-refractivity contribution is -0.141. The lowest BCUT2D eigenvalue weighted by Crippen LogP contribution is -2.39. The number of hydrogen-bond acceptors (Lipinski definition) is 3. The van der Waals surface area contributed by atoms with Crippen LogP contribution in [0.3, 0.4) is 0 Å². The summed E-state index contributed by atoms with van der Waals surface area (Å²) in [5.74, 6) is -1.78. The van der Waals surface area contributed by atoms with Gasteiger partial charge in [0.2, 0.25) is 5.91 Å². The number of carbonyl (C=O) groups is 3. The summed E-state index contributed by atoms with van der Waals surface area (Å²) in [4.78, 5) is 33.5. The Labute approximate surface area is 122 Å². The van der Waals surface area contributed by atoms with E-state index in [2.05, 4.69) is 16.0 Å². The Morgan fingerprint density at radius 2 is 1.81 bits per heavy atom. The SMILES string of the molecule is CC(CCNC(=O)CNC(=O)Nc1ccccc1)C(=O)O. The molecule has 1 atom stereocenters. The van der Waals surface area contributed by atoms with Crippen LogP contribution in [0.15, 0.2) is 30.3 Å². The number of hydrogen-bond donors (Lipinski definition) is 4. The van der Waals surface area contributed by atoms with Gasteiger partial charge in [-0.2, -0.15) is 0 Å². The van der Waals surface area contributed by atoms with Gasteiger partial charge in [-0.25, -0.2) is 4.79 Å². The van der Waals surface area contributed by atoms with Crippen LogP contribution in [0.25, 0.3) is 0 Å². The van der Waals surface area contributed by atoms with Crippen LogP contribution in [-0.2, 0) is 9.59 Å². The van der Waals surface area contributed by atoms with Gasteiger partial charge in [-0.3, -0.25) is 9.59 Å². The number of urea groups is 1. The average molecular weight is 293 g/mol. The zero-order chi connectivity index (χ0) is 15.7. The normalized spacial score (nSPS) is 11.3. The summed E-state index contributed by atoms with van der Waals surface area (Å²) in [6, 6.07) is 8.38. The highest BCUT2D eigenvalue weighted by Crippen LogP contribution is 2.03. The Morgan fingerprint density at radius 3 is 2.43 bits per heavy atom. The zero-order valence-corrected chi connectivity index (χ0v) is 11.8. The van der Waals surface area contributed by atoms with E-state index in [9.17, 15) is 14.4 Å². The predicted octanol–water partition coefficient (Wildman–Crippen LogP) is 1.04. The Bertz CT molecular complexity index is 490. The Morgan fingerprint density at radius 1 is 1.14 bits per heavy atom. The summed E-state index contributed by atoms with van der Waals surface area (Å²) in [5.41, 5.74) is 0.630. The lowest BCUT2D eigenvalue weighted by Gasteiger charge is -2.09. The molecule has 1 unspecified atom stereocenters. The van der Waals surface area contributed by atoms with Crippen molar-refractivity contribution < 1.29 is 19.5 Å². The third-order valence-corrected chi connectivity index (χ3v) is 2.76. The molecule has 21 heavy (non-hydrogen) atoms. The van der Waals surface area contributed by atoms with Gasteiger partial charge >= 0.3 is 12.0 Å². The van der Waals surface area contributed by atoms with E-state index in [1.807, 2.05) is 6.07 Å². The predicted molar refractivity (Wildman–Crippen MR) is 77.9 cm³/mol. The monoisotopic (exact) mass is 293 g/mol. The molecule has 1 aromatic carbocycles. The van der Waals surface area contributed by atoms with Crippen molar-refractivity contribution >= 4 is 23.6 Å². The van der Waals surface area contributed by atoms with Crippen LogP contribution in [0.2, 0.25) is 0 Å². The molecule has 3 amide bonds. The minimum absolute atomic E-state index is 0.167. The molecule has 0 radical (unpaired) electrons. The van der Waals surface area contributed by atoms with Crippen molar-refractivity contribution in [3.63, 3.8) is 0 Å². The average Bonchev–Trinajstić information content (AvgIpc) is 2.46. The maximum atomic E-state index is 11.5. The summed E-state index contributed by atoms with van der Waals surface area (Å²) in [5, 5.41) is 16.2. The van der Waals surface area contributed by atoms with Crippen molar-refractivity contribution in [1.29, 1.82) is 0 Å². The minimum atomic E-state index is -0.899. The van der Waals surface area contributed by atoms with E-state index < -0.39 is 17.9 Å². The number of carbonyl (C=O) groups excluding carboxylic acids is 2. The molecular weight excluding hydrogens is 274 g/mol. The van der Waals surface area contributed by atoms with E-state index in [1.165, 1.54) is 0 Å². The first kappa shape index (κ1) is 16.5. The van der Waals surface area contributed by atoms with Crippen LogP contribution < -0.4 is 16.0 Å². The fourth-order valence-corrected chi connectivity index (χ4v) is 1.47. The fourth-order valence-electron chi connectivity index (χ4n) is 1.47. The van der Waals surface area contributed by atoms with Crippen molar-refractivity contribution in [2.45, 2.75) is 13.3 Å². The van der Waals surface area contributed by atoms with Crippen molar-refractivity contribution in [3.05, 3.63) is 30.3 Å². The first-order valence-corrected chi connectivity index (χ1v) is 6.58. The van der Waals surface area contributed by atoms with Crippen LogP contribution in [-0.4, -0.2) is 36.1 Å². The largest absolute Gasteiger partial charge is 0.481 e. The summed E-state index contributed by atoms with van der Waals surface area (Å²) >= 11 is 0. The molecule has 0 aliphatic carbocycles. The molecule has 4 N–H and O–H groups in total. The van der Waals surface area contributed by atoms with Crippen molar-refractivity contribution in [3.8, 4) is 0 Å². The molecule has 0 bridgehead atoms. The number of aliphatic carboxylic acids is 1. The number of carboxylic acid groups (broad SMARTS) is 1. The molecule has 0 saturated carbocycles. The van der Waals surface area contributed by atoms with Gasteiger partial charge in [0, 0.05) is 12.2 Å². The smallest absolute Gasteiger partial charge is 0.319 e. The Balaban J connectivity index is 2.18. The summed E-state index contributed by atoms with van der Waals surface area (Å²) in [6.45, 7) is 1.66. The van der Waals surface area contributed by atoms with Gasteiger partial charge < -0.3 is 21.1 Å². The highest BCUT2D eigenvalue weighted by molar-refractivity contribution is 5.92. The molecule has 114 valence electrons. The third-order valence-electron chi connectivity index (χ3n) is 2.76. The van der Waals surface area contributed by atoms with E-state index >= 15 is 0 Å². The summed E-state index contributed by atoms with van der Waals surface area (Å²) in [7, 11) is 0. The van der Waals surface area contributed by atoms with Crippen LogP contribution in [0.5, 0.6) is 0 Å². The van der Waals surface area contributed by atoms with Gasteiger partial charge in [-0.15, -0.1) is 0 Å². The van der Waals surface area contributed by atoms with Crippen LogP contribution in [0.4, 0.5) is 10.5 Å². The molecule has 0 aliphatic rings. The van der Waals surface area contributed by atoms with E-state index in [0.717, 1.165) is 0 Å². The maximum Gasteiger partial charge on any atom is 0.319 e. The standard InChI is InChI=1S/C14H19N3O4/c1-10(13(19)20)7-8-15-12(18)9-16-14(21)17-11-5-3-2-4-6-11/h2-6,10H,7-9H2,1H3,(H,15,18)(H,19,20)(H2,16,17,21). The second-order valence-corrected chi connectivity index (χ2v) is 4.55. The maximum absolute atomic E-state index is 11.5. The van der Waals surface area contributed by atoms with Gasteiger partial charge in [-0.05, 0) is 18.6 Å². The van der Waals surface area contributed by atoms with Crippen molar-refractivity contribution in [2.75, 3.05) is 18.4 Å². The highest BCUT2D eigenvalue weighted by atomic mass is 16.4. The molecule has 0 spiro atoms. The third kappa shape index (κ3) is 6.95. The first-order chi connectivity index (χ1) is 9.99. The minimum Gasteiger partial charge on any atom is -0.481 e. The number of para-hydroxylation sites is 1. The molecule has 1 rings (SSSR count). The molecule has 7 nitrogen and oxygen atoms in total. The summed E-state index contributed by atoms with van der Waals surface area (Å²) in [6.07, 6.45) is 0.345. The van der Waals surface area contributed by atoms with Crippen LogP contribution >= 0.6 is 0 Å². The number of carboxylic acids is 1. The fraction of sp³-hybridized carbons (Fsp3) is 0.357. The van der Waals surface area contributed by atoms with Gasteiger partial charge in [0.25, 0.3) is 0 Å². The topological polar surface area (TPSA) is 108 Å². The van der Waals surface area contributed by atoms with E-state index in [1.54, 1.807) is 31.2 Å². The molecule has 0 aliphatic heterocycles. The quantitative estimate of drug-likeness (QED) is 0.602. The Kier molecular flexibility index (Phi) is 6.73. The number of benzene rings is 1. The van der Waals surface area contributed by atoms with Gasteiger partial charge in [-0.1, -0.05) is 25.1 Å². The molecular formula is C14H19N3O4. The van der Waals surface area contributed by atoms with E-state index in [-0.39, 0.29) is 19.0 Å². The number of rotatable bonds is 7. The Hall–Kier alpha value is -2.57.